The van der Waals surface area contributed by atoms with Gasteiger partial charge in [-0.05, 0) is 63.5 Å². The highest BCUT2D eigenvalue weighted by Gasteiger charge is 2.27. The average molecular weight is 522 g/mol. The van der Waals surface area contributed by atoms with Crippen LogP contribution in [0.5, 0.6) is 5.75 Å². The molecule has 2 aromatic heterocycles. The third kappa shape index (κ3) is 8.50. The molecule has 208 valence electrons. The molecule has 2 aromatic rings. The van der Waals surface area contributed by atoms with Crippen molar-refractivity contribution in [2.75, 3.05) is 13.2 Å². The number of hydrogen-bond acceptors (Lipinski definition) is 4. The Balaban J connectivity index is 1.72. The Morgan fingerprint density at radius 3 is 2.26 bits per heavy atom. The van der Waals surface area contributed by atoms with Gasteiger partial charge >= 0.3 is 5.97 Å². The monoisotopic (exact) mass is 521 g/mol. The molecule has 6 heteroatoms. The smallest absolute Gasteiger partial charge is 0.344 e. The van der Waals surface area contributed by atoms with E-state index in [4.69, 9.17) is 14.5 Å². The largest absolute Gasteiger partial charge is 0.491 e. The number of carbonyl (C=O) groups is 1. The number of aromatic amines is 2. The summed E-state index contributed by atoms with van der Waals surface area (Å²) < 4.78 is 11.4. The minimum absolute atomic E-state index is 0.298. The van der Waals surface area contributed by atoms with Crippen molar-refractivity contribution in [3.05, 3.63) is 46.9 Å². The molecule has 0 unspecified atom stereocenters. The Morgan fingerprint density at radius 1 is 0.842 bits per heavy atom. The summed E-state index contributed by atoms with van der Waals surface area (Å²) in [7, 11) is 0. The molecular formula is C32H47N3O3. The number of unbranched alkanes of at least 4 members (excludes halogenated alkanes) is 8. The normalized spacial score (nSPS) is 13.9. The van der Waals surface area contributed by atoms with E-state index in [1.165, 1.54) is 57.8 Å². The van der Waals surface area contributed by atoms with E-state index in [9.17, 15) is 4.79 Å². The highest BCUT2D eigenvalue weighted by Crippen LogP contribution is 2.36. The standard InChI is InChI=1S/C32H47N3O3/c1-5-9-10-11-12-13-14-15-16-18-25-19-20-26(33-25)23-28-31(37-7-3)29(32(36)38-8-4)30(35-28)27-22-21-24(34-27)17-6-2/h19-23,34-35H,5-18H2,1-4H3. The molecule has 1 aliphatic rings. The number of rotatable bonds is 18. The Morgan fingerprint density at radius 2 is 1.58 bits per heavy atom. The van der Waals surface area contributed by atoms with E-state index in [-0.39, 0.29) is 0 Å². The first kappa shape index (κ1) is 29.5. The molecule has 0 saturated heterocycles. The number of ether oxygens (including phenoxy) is 2. The SMILES string of the molecule is CCCCCCCCCCCC1=NC(=Cc2[nH]c(-c3ccc(CCC)[nH]3)c(C(=O)OCC)c2OCC)C=C1. The molecule has 2 N–H and O–H groups in total. The second-order valence-corrected chi connectivity index (χ2v) is 10.0. The summed E-state index contributed by atoms with van der Waals surface area (Å²) in [5, 5.41) is 0. The molecule has 0 amide bonds. The van der Waals surface area contributed by atoms with Gasteiger partial charge in [-0.1, -0.05) is 71.6 Å². The lowest BCUT2D eigenvalue weighted by molar-refractivity contribution is 0.0523. The molecule has 0 spiro atoms. The van der Waals surface area contributed by atoms with Gasteiger partial charge in [0.2, 0.25) is 0 Å². The summed E-state index contributed by atoms with van der Waals surface area (Å²) in [6, 6.07) is 4.07. The van der Waals surface area contributed by atoms with E-state index >= 15 is 0 Å². The Kier molecular flexibility index (Phi) is 12.5. The first-order chi connectivity index (χ1) is 18.6. The van der Waals surface area contributed by atoms with Gasteiger partial charge in [0.25, 0.3) is 0 Å². The van der Waals surface area contributed by atoms with Crippen molar-refractivity contribution < 1.29 is 14.3 Å². The summed E-state index contributed by atoms with van der Waals surface area (Å²) in [4.78, 5) is 24.8. The molecule has 0 radical (unpaired) electrons. The molecule has 38 heavy (non-hydrogen) atoms. The Labute approximate surface area is 229 Å². The predicted octanol–water partition coefficient (Wildman–Crippen LogP) is 8.81. The maximum absolute atomic E-state index is 13.0. The molecule has 0 aromatic carbocycles. The van der Waals surface area contributed by atoms with Crippen LogP contribution in [0, 0.1) is 0 Å². The maximum Gasteiger partial charge on any atom is 0.344 e. The zero-order valence-corrected chi connectivity index (χ0v) is 24.0. The molecule has 0 fully saturated rings. The number of carbonyl (C=O) groups excluding carboxylic acids is 1. The number of allylic oxidation sites excluding steroid dienone is 2. The van der Waals surface area contributed by atoms with Gasteiger partial charge in [0.1, 0.15) is 5.56 Å². The van der Waals surface area contributed by atoms with Crippen molar-refractivity contribution in [1.82, 2.24) is 9.97 Å². The van der Waals surface area contributed by atoms with E-state index in [0.29, 0.717) is 30.2 Å². The number of H-pyrrole nitrogens is 2. The van der Waals surface area contributed by atoms with Gasteiger partial charge in [-0.2, -0.15) is 0 Å². The first-order valence-electron chi connectivity index (χ1n) is 14.8. The van der Waals surface area contributed by atoms with Crippen LogP contribution in [0.15, 0.2) is 35.0 Å². The van der Waals surface area contributed by atoms with Crippen molar-refractivity contribution >= 4 is 17.8 Å². The lowest BCUT2D eigenvalue weighted by Gasteiger charge is -2.07. The van der Waals surface area contributed by atoms with Gasteiger partial charge in [0.15, 0.2) is 5.75 Å². The quantitative estimate of drug-likeness (QED) is 0.152. The highest BCUT2D eigenvalue weighted by atomic mass is 16.5. The van der Waals surface area contributed by atoms with Crippen LogP contribution in [0.3, 0.4) is 0 Å². The van der Waals surface area contributed by atoms with E-state index in [2.05, 4.69) is 36.0 Å². The van der Waals surface area contributed by atoms with Crippen LogP contribution >= 0.6 is 0 Å². The van der Waals surface area contributed by atoms with Crippen LogP contribution in [-0.4, -0.2) is 34.9 Å². The number of hydrogen-bond donors (Lipinski definition) is 2. The van der Waals surface area contributed by atoms with Crippen molar-refractivity contribution in [3.63, 3.8) is 0 Å². The fourth-order valence-electron chi connectivity index (χ4n) is 4.91. The first-order valence-corrected chi connectivity index (χ1v) is 14.8. The number of aliphatic imine (C=N–C) groups is 1. The zero-order valence-electron chi connectivity index (χ0n) is 24.0. The van der Waals surface area contributed by atoms with Gasteiger partial charge in [0, 0.05) is 11.4 Å². The number of aromatic nitrogens is 2. The van der Waals surface area contributed by atoms with Gasteiger partial charge in [-0.3, -0.25) is 4.99 Å². The van der Waals surface area contributed by atoms with Gasteiger partial charge in [0.05, 0.1) is 36.0 Å². The summed E-state index contributed by atoms with van der Waals surface area (Å²) in [5.74, 6) is 0.117. The van der Waals surface area contributed by atoms with E-state index in [1.807, 2.05) is 32.1 Å². The molecule has 0 aliphatic carbocycles. The topological polar surface area (TPSA) is 79.5 Å². The van der Waals surface area contributed by atoms with Crippen molar-refractivity contribution in [1.29, 1.82) is 0 Å². The Bertz CT molecular complexity index is 1100. The Hall–Kier alpha value is -3.02. The predicted molar refractivity (Wildman–Crippen MR) is 158 cm³/mol. The maximum atomic E-state index is 13.0. The number of aryl methyl sites for hydroxylation is 1. The number of nitrogens with one attached hydrogen (secondary N) is 2. The third-order valence-corrected chi connectivity index (χ3v) is 6.83. The minimum atomic E-state index is -0.394. The molecular weight excluding hydrogens is 474 g/mol. The molecule has 0 bridgehead atoms. The van der Waals surface area contributed by atoms with Crippen LogP contribution < -0.4 is 4.74 Å². The lowest BCUT2D eigenvalue weighted by Crippen LogP contribution is -2.08. The zero-order chi connectivity index (χ0) is 27.2. The van der Waals surface area contributed by atoms with Gasteiger partial charge in [-0.15, -0.1) is 0 Å². The van der Waals surface area contributed by atoms with Crippen LogP contribution in [0.4, 0.5) is 0 Å². The van der Waals surface area contributed by atoms with Crippen LogP contribution in [-0.2, 0) is 11.2 Å². The van der Waals surface area contributed by atoms with Gasteiger partial charge in [-0.25, -0.2) is 4.79 Å². The fourth-order valence-corrected chi connectivity index (χ4v) is 4.91. The molecule has 3 heterocycles. The summed E-state index contributed by atoms with van der Waals surface area (Å²) in [5.41, 5.74) is 5.78. The van der Waals surface area contributed by atoms with Crippen molar-refractivity contribution in [3.8, 4) is 17.1 Å². The number of nitrogens with zero attached hydrogens (tertiary/aromatic N) is 1. The van der Waals surface area contributed by atoms with E-state index in [0.717, 1.165) is 47.8 Å². The van der Waals surface area contributed by atoms with Crippen molar-refractivity contribution in [2.24, 2.45) is 4.99 Å². The summed E-state index contributed by atoms with van der Waals surface area (Å²) in [6.07, 6.45) is 21.0. The lowest BCUT2D eigenvalue weighted by atomic mass is 10.1. The second-order valence-electron chi connectivity index (χ2n) is 10.0. The average Bonchev–Trinajstić information content (AvgIpc) is 3.63. The fraction of sp³-hybridized carbons (Fsp3) is 0.562. The summed E-state index contributed by atoms with van der Waals surface area (Å²) in [6.45, 7) is 8.89. The molecule has 3 rings (SSSR count). The van der Waals surface area contributed by atoms with Crippen LogP contribution in [0.25, 0.3) is 17.5 Å². The van der Waals surface area contributed by atoms with E-state index in [1.54, 1.807) is 0 Å². The highest BCUT2D eigenvalue weighted by molar-refractivity contribution is 6.02. The third-order valence-electron chi connectivity index (χ3n) is 6.83. The van der Waals surface area contributed by atoms with Crippen molar-refractivity contribution in [2.45, 2.75) is 105 Å². The molecule has 6 nitrogen and oxygen atoms in total. The number of esters is 1. The minimum Gasteiger partial charge on any atom is -0.491 e. The second kappa shape index (κ2) is 16.1. The van der Waals surface area contributed by atoms with E-state index < -0.39 is 5.97 Å². The summed E-state index contributed by atoms with van der Waals surface area (Å²) >= 11 is 0. The van der Waals surface area contributed by atoms with Gasteiger partial charge < -0.3 is 19.4 Å². The molecule has 0 atom stereocenters. The van der Waals surface area contributed by atoms with Crippen LogP contribution in [0.1, 0.15) is 120 Å². The molecule has 1 aliphatic heterocycles. The van der Waals surface area contributed by atoms with Crippen LogP contribution in [0.2, 0.25) is 0 Å². The molecule has 0 saturated carbocycles.